The molecule has 146 valence electrons. The summed E-state index contributed by atoms with van der Waals surface area (Å²) < 4.78 is 6.87. The summed E-state index contributed by atoms with van der Waals surface area (Å²) in [5.74, 6) is 2.87. The van der Waals surface area contributed by atoms with Gasteiger partial charge in [-0.2, -0.15) is 0 Å². The van der Waals surface area contributed by atoms with Gasteiger partial charge in [-0.15, -0.1) is 6.42 Å². The Hall–Kier alpha value is -3.08. The maximum Gasteiger partial charge on any atom is 0.145 e. The second-order valence-electron chi connectivity index (χ2n) is 7.26. The lowest BCUT2D eigenvalue weighted by Gasteiger charge is -2.38. The van der Waals surface area contributed by atoms with Crippen LogP contribution in [-0.2, 0) is 10.3 Å². The van der Waals surface area contributed by atoms with Crippen molar-refractivity contribution in [3.05, 3.63) is 120 Å². The summed E-state index contributed by atoms with van der Waals surface area (Å²) in [7, 11) is 0. The number of rotatable bonds is 9. The fourth-order valence-corrected chi connectivity index (χ4v) is 3.79. The van der Waals surface area contributed by atoms with Crippen molar-refractivity contribution in [1.29, 1.82) is 0 Å². The molecule has 0 radical (unpaired) electrons. The van der Waals surface area contributed by atoms with Gasteiger partial charge in [0.1, 0.15) is 11.7 Å². The van der Waals surface area contributed by atoms with Gasteiger partial charge >= 0.3 is 0 Å². The molecule has 1 heteroatoms. The van der Waals surface area contributed by atoms with Gasteiger partial charge in [0, 0.05) is 6.42 Å². The molecule has 0 saturated carbocycles. The predicted molar refractivity (Wildman–Crippen MR) is 122 cm³/mol. The molecule has 0 aliphatic rings. The van der Waals surface area contributed by atoms with Crippen LogP contribution in [0.25, 0.3) is 0 Å². The summed E-state index contributed by atoms with van der Waals surface area (Å²) in [6.45, 7) is 6.36. The maximum absolute atomic E-state index is 6.87. The van der Waals surface area contributed by atoms with Crippen LogP contribution in [-0.4, -0.2) is 6.10 Å². The average Bonchev–Trinajstić information content (AvgIpc) is 2.78. The van der Waals surface area contributed by atoms with E-state index >= 15 is 0 Å². The standard InChI is InChI=1S/C28H28O/c1-4-15-23(3)22-27(5-2)29-28(24-16-9-6-10-17-24,25-18-11-7-12-19-25)26-20-13-8-14-21-26/h2,6-14,16-21,27H,3-4,15,22H2,1H3. The highest BCUT2D eigenvalue weighted by molar-refractivity contribution is 5.47. The molecule has 3 aromatic carbocycles. The van der Waals surface area contributed by atoms with E-state index in [-0.39, 0.29) is 6.10 Å². The van der Waals surface area contributed by atoms with E-state index in [2.05, 4.69) is 55.8 Å². The van der Waals surface area contributed by atoms with E-state index in [0.29, 0.717) is 6.42 Å². The van der Waals surface area contributed by atoms with Gasteiger partial charge in [0.25, 0.3) is 0 Å². The number of hydrogen-bond acceptors (Lipinski definition) is 1. The Bertz CT molecular complexity index is 839. The summed E-state index contributed by atoms with van der Waals surface area (Å²) >= 11 is 0. The lowest BCUT2D eigenvalue weighted by Crippen LogP contribution is -2.36. The topological polar surface area (TPSA) is 9.23 Å². The summed E-state index contributed by atoms with van der Waals surface area (Å²) in [5, 5.41) is 0. The van der Waals surface area contributed by atoms with Gasteiger partial charge < -0.3 is 4.74 Å². The van der Waals surface area contributed by atoms with Gasteiger partial charge in [-0.3, -0.25) is 0 Å². The molecule has 0 N–H and O–H groups in total. The number of ether oxygens (including phenoxy) is 1. The fourth-order valence-electron chi connectivity index (χ4n) is 3.79. The van der Waals surface area contributed by atoms with Gasteiger partial charge in [0.05, 0.1) is 0 Å². The third kappa shape index (κ3) is 4.67. The molecule has 29 heavy (non-hydrogen) atoms. The lowest BCUT2D eigenvalue weighted by molar-refractivity contribution is -0.0195. The van der Waals surface area contributed by atoms with Gasteiger partial charge in [-0.1, -0.05) is 122 Å². The highest BCUT2D eigenvalue weighted by Gasteiger charge is 2.39. The van der Waals surface area contributed by atoms with E-state index in [4.69, 9.17) is 11.2 Å². The van der Waals surface area contributed by atoms with E-state index in [1.54, 1.807) is 0 Å². The van der Waals surface area contributed by atoms with Crippen LogP contribution in [0.2, 0.25) is 0 Å². The molecule has 0 saturated heterocycles. The first kappa shape index (κ1) is 20.6. The summed E-state index contributed by atoms with van der Waals surface area (Å²) in [6.07, 6.45) is 8.22. The molecule has 0 bridgehead atoms. The zero-order chi connectivity index (χ0) is 20.5. The van der Waals surface area contributed by atoms with Crippen molar-refractivity contribution in [1.82, 2.24) is 0 Å². The van der Waals surface area contributed by atoms with E-state index in [1.165, 1.54) is 0 Å². The SMILES string of the molecule is C#CC(CC(=C)CCC)OC(c1ccccc1)(c1ccccc1)c1ccccc1. The Morgan fingerprint density at radius 2 is 1.28 bits per heavy atom. The molecule has 1 nitrogen and oxygen atoms in total. The van der Waals surface area contributed by atoms with Crippen LogP contribution < -0.4 is 0 Å². The third-order valence-electron chi connectivity index (χ3n) is 5.12. The Balaban J connectivity index is 2.17. The van der Waals surface area contributed by atoms with Crippen molar-refractivity contribution in [3.8, 4) is 12.3 Å². The van der Waals surface area contributed by atoms with Crippen LogP contribution in [0.1, 0.15) is 42.9 Å². The molecule has 1 atom stereocenters. The van der Waals surface area contributed by atoms with E-state index in [0.717, 1.165) is 35.1 Å². The Morgan fingerprint density at radius 3 is 1.62 bits per heavy atom. The molecule has 0 amide bonds. The first-order chi connectivity index (χ1) is 14.2. The van der Waals surface area contributed by atoms with Gasteiger partial charge in [-0.25, -0.2) is 0 Å². The fraction of sp³-hybridized carbons (Fsp3) is 0.214. The number of benzene rings is 3. The van der Waals surface area contributed by atoms with Crippen LogP contribution in [0.15, 0.2) is 103 Å². The molecule has 0 aliphatic heterocycles. The maximum atomic E-state index is 6.87. The minimum absolute atomic E-state index is 0.380. The smallest absolute Gasteiger partial charge is 0.145 e. The van der Waals surface area contributed by atoms with Crippen molar-refractivity contribution < 1.29 is 4.74 Å². The molecular formula is C28H28O. The first-order valence-electron chi connectivity index (χ1n) is 10.2. The summed E-state index contributed by atoms with van der Waals surface area (Å²) in [4.78, 5) is 0. The third-order valence-corrected chi connectivity index (χ3v) is 5.12. The zero-order valence-corrected chi connectivity index (χ0v) is 17.1. The molecule has 0 fully saturated rings. The highest BCUT2D eigenvalue weighted by atomic mass is 16.5. The molecule has 0 heterocycles. The van der Waals surface area contributed by atoms with Crippen molar-refractivity contribution >= 4 is 0 Å². The Kier molecular flexibility index (Phi) is 7.06. The normalized spacial score (nSPS) is 12.1. The molecule has 0 aliphatic carbocycles. The molecule has 3 rings (SSSR count). The van der Waals surface area contributed by atoms with Crippen LogP contribution in [0.3, 0.4) is 0 Å². The van der Waals surface area contributed by atoms with Crippen molar-refractivity contribution in [2.75, 3.05) is 0 Å². The minimum Gasteiger partial charge on any atom is -0.345 e. The monoisotopic (exact) mass is 380 g/mol. The Labute approximate surface area is 175 Å². The second-order valence-corrected chi connectivity index (χ2v) is 7.26. The first-order valence-corrected chi connectivity index (χ1v) is 10.2. The number of terminal acetylenes is 1. The van der Waals surface area contributed by atoms with E-state index in [1.807, 2.05) is 54.6 Å². The van der Waals surface area contributed by atoms with Gasteiger partial charge in [0.2, 0.25) is 0 Å². The van der Waals surface area contributed by atoms with Crippen molar-refractivity contribution in [2.45, 2.75) is 37.9 Å². The molecule has 0 spiro atoms. The largest absolute Gasteiger partial charge is 0.345 e. The molecule has 0 aromatic heterocycles. The molecular weight excluding hydrogens is 352 g/mol. The van der Waals surface area contributed by atoms with Gasteiger partial charge in [0.15, 0.2) is 0 Å². The van der Waals surface area contributed by atoms with E-state index < -0.39 is 5.60 Å². The highest BCUT2D eigenvalue weighted by Crippen LogP contribution is 2.41. The van der Waals surface area contributed by atoms with Gasteiger partial charge in [-0.05, 0) is 23.1 Å². The average molecular weight is 381 g/mol. The summed E-state index contributed by atoms with van der Waals surface area (Å²) in [5.41, 5.74) is 3.49. The van der Waals surface area contributed by atoms with E-state index in [9.17, 15) is 0 Å². The van der Waals surface area contributed by atoms with Crippen LogP contribution >= 0.6 is 0 Å². The van der Waals surface area contributed by atoms with Crippen LogP contribution in [0.5, 0.6) is 0 Å². The second kappa shape index (κ2) is 9.92. The van der Waals surface area contributed by atoms with Crippen LogP contribution in [0.4, 0.5) is 0 Å². The number of hydrogen-bond donors (Lipinski definition) is 0. The quantitative estimate of drug-likeness (QED) is 0.227. The molecule has 1 unspecified atom stereocenters. The minimum atomic E-state index is -0.798. The Morgan fingerprint density at radius 1 is 0.862 bits per heavy atom. The van der Waals surface area contributed by atoms with Crippen molar-refractivity contribution in [3.63, 3.8) is 0 Å². The molecule has 3 aromatic rings. The van der Waals surface area contributed by atoms with Crippen LogP contribution in [0, 0.1) is 12.3 Å². The lowest BCUT2D eigenvalue weighted by atomic mass is 9.79. The zero-order valence-electron chi connectivity index (χ0n) is 17.1. The predicted octanol–water partition coefficient (Wildman–Crippen LogP) is 6.74. The summed E-state index contributed by atoms with van der Waals surface area (Å²) in [6, 6.07) is 30.9. The van der Waals surface area contributed by atoms with Crippen molar-refractivity contribution in [2.24, 2.45) is 0 Å².